The Bertz CT molecular complexity index is 1600. The van der Waals surface area contributed by atoms with E-state index in [0.29, 0.717) is 48.6 Å². The largest absolute Gasteiger partial charge is 0.417 e. The van der Waals surface area contributed by atoms with Crippen LogP contribution < -0.4 is 21.1 Å². The first-order valence-electron chi connectivity index (χ1n) is 13.6. The van der Waals surface area contributed by atoms with Gasteiger partial charge in [0.05, 0.1) is 40.3 Å². The molecule has 9 nitrogen and oxygen atoms in total. The third-order valence-electron chi connectivity index (χ3n) is 7.78. The van der Waals surface area contributed by atoms with Crippen LogP contribution in [-0.2, 0) is 10.9 Å². The minimum atomic E-state index is -5.07. The molecule has 5 rings (SSSR count). The van der Waals surface area contributed by atoms with Crippen molar-refractivity contribution < 1.29 is 31.5 Å². The Balaban J connectivity index is 1.71. The maximum Gasteiger partial charge on any atom is 0.417 e. The lowest BCUT2D eigenvalue weighted by molar-refractivity contribution is -0.138. The second-order valence-corrected chi connectivity index (χ2v) is 11.9. The normalized spacial score (nSPS) is 21.8. The minimum absolute atomic E-state index is 0.0442. The van der Waals surface area contributed by atoms with Crippen molar-refractivity contribution in [3.05, 3.63) is 56.8 Å². The fraction of sp³-hybridized carbons (Fsp3) is 0.464. The molecule has 0 unspecified atom stereocenters. The molecule has 2 N–H and O–H groups in total. The molecule has 0 aliphatic carbocycles. The van der Waals surface area contributed by atoms with Crippen LogP contribution in [0.1, 0.15) is 36.7 Å². The summed E-state index contributed by atoms with van der Waals surface area (Å²) in [5, 5.41) is 1.99. The number of rotatable bonds is 5. The Hall–Kier alpha value is -3.56. The van der Waals surface area contributed by atoms with Crippen LogP contribution in [0.25, 0.3) is 16.9 Å². The van der Waals surface area contributed by atoms with Crippen LogP contribution in [0.2, 0.25) is 0 Å². The number of nitrogens with zero attached hydrogens (tertiary/aromatic N) is 5. The second-order valence-electron chi connectivity index (χ2n) is 11.0. The van der Waals surface area contributed by atoms with Crippen LogP contribution in [0, 0.1) is 11.6 Å². The molecule has 1 aromatic carbocycles. The SMILES string of the molecule is C[C@@H]1CN(c2nc(-c3c(F)cc(N4CCN(C)[C@@H](C)C4)c(-n4cc(C(N)=O)c(C(F)(F)F)cc4=O)c3F)cs2)C[C@H](C)O1. The number of morpholine rings is 1. The molecule has 43 heavy (non-hydrogen) atoms. The third kappa shape index (κ3) is 5.97. The Labute approximate surface area is 248 Å². The van der Waals surface area contributed by atoms with Crippen molar-refractivity contribution in [2.24, 2.45) is 5.73 Å². The minimum Gasteiger partial charge on any atom is -0.372 e. The first-order valence-corrected chi connectivity index (χ1v) is 14.5. The summed E-state index contributed by atoms with van der Waals surface area (Å²) >= 11 is 1.18. The highest BCUT2D eigenvalue weighted by Gasteiger charge is 2.37. The number of carbonyl (C=O) groups excluding carboxylic acids is 1. The van der Waals surface area contributed by atoms with E-state index in [1.54, 1.807) is 4.90 Å². The Kier molecular flexibility index (Phi) is 8.26. The molecule has 4 heterocycles. The van der Waals surface area contributed by atoms with Crippen molar-refractivity contribution in [2.45, 2.75) is 45.2 Å². The van der Waals surface area contributed by atoms with Gasteiger partial charge in [-0.25, -0.2) is 13.8 Å². The van der Waals surface area contributed by atoms with E-state index in [4.69, 9.17) is 10.5 Å². The molecular weight excluding hydrogens is 595 g/mol. The molecule has 0 bridgehead atoms. The zero-order valence-electron chi connectivity index (χ0n) is 23.9. The molecule has 0 spiro atoms. The predicted octanol–water partition coefficient (Wildman–Crippen LogP) is 4.11. The first-order chi connectivity index (χ1) is 20.1. The molecular formula is C28H31F5N6O3S. The summed E-state index contributed by atoms with van der Waals surface area (Å²) in [4.78, 5) is 35.4. The first kappa shape index (κ1) is 30.9. The van der Waals surface area contributed by atoms with Crippen molar-refractivity contribution in [2.75, 3.05) is 49.6 Å². The summed E-state index contributed by atoms with van der Waals surface area (Å²) in [5.41, 5.74) is 0.260. The number of ether oxygens (including phenoxy) is 1. The molecule has 3 aromatic rings. The van der Waals surface area contributed by atoms with E-state index in [-0.39, 0.29) is 35.7 Å². The zero-order valence-corrected chi connectivity index (χ0v) is 24.7. The monoisotopic (exact) mass is 626 g/mol. The molecule has 0 radical (unpaired) electrons. The number of nitrogens with two attached hydrogens (primary N) is 1. The average Bonchev–Trinajstić information content (AvgIpc) is 3.39. The number of piperazine rings is 1. The van der Waals surface area contributed by atoms with E-state index in [2.05, 4.69) is 4.98 Å². The van der Waals surface area contributed by atoms with Gasteiger partial charge in [0.15, 0.2) is 10.9 Å². The fourth-order valence-electron chi connectivity index (χ4n) is 5.57. The molecule has 2 aromatic heterocycles. The number of pyridine rings is 1. The third-order valence-corrected chi connectivity index (χ3v) is 8.68. The molecule has 2 aliphatic heterocycles. The lowest BCUT2D eigenvalue weighted by Crippen LogP contribution is -2.50. The lowest BCUT2D eigenvalue weighted by Gasteiger charge is -2.40. The van der Waals surface area contributed by atoms with Crippen molar-refractivity contribution in [1.82, 2.24) is 14.5 Å². The number of likely N-dealkylation sites (N-methyl/N-ethyl adjacent to an activating group) is 1. The number of aromatic nitrogens is 2. The molecule has 15 heteroatoms. The van der Waals surface area contributed by atoms with Gasteiger partial charge in [-0.2, -0.15) is 13.2 Å². The summed E-state index contributed by atoms with van der Waals surface area (Å²) in [7, 11) is 1.89. The van der Waals surface area contributed by atoms with Crippen LogP contribution in [0.15, 0.2) is 28.5 Å². The van der Waals surface area contributed by atoms with Crippen LogP contribution in [0.3, 0.4) is 0 Å². The number of anilines is 2. The summed E-state index contributed by atoms with van der Waals surface area (Å²) in [6.45, 7) is 7.91. The van der Waals surface area contributed by atoms with E-state index in [1.807, 2.05) is 37.6 Å². The predicted molar refractivity (Wildman–Crippen MR) is 153 cm³/mol. The molecule has 2 fully saturated rings. The van der Waals surface area contributed by atoms with Crippen molar-refractivity contribution in [3.63, 3.8) is 0 Å². The Morgan fingerprint density at radius 1 is 1.07 bits per heavy atom. The van der Waals surface area contributed by atoms with Gasteiger partial charge in [-0.3, -0.25) is 14.2 Å². The van der Waals surface area contributed by atoms with Gasteiger partial charge in [0, 0.05) is 62.5 Å². The number of thiazole rings is 1. The average molecular weight is 627 g/mol. The topological polar surface area (TPSA) is 96.9 Å². The van der Waals surface area contributed by atoms with E-state index in [0.717, 1.165) is 6.07 Å². The molecule has 1 amide bonds. The van der Waals surface area contributed by atoms with Crippen molar-refractivity contribution in [1.29, 1.82) is 0 Å². The summed E-state index contributed by atoms with van der Waals surface area (Å²) < 4.78 is 79.9. The van der Waals surface area contributed by atoms with Gasteiger partial charge in [0.2, 0.25) is 0 Å². The van der Waals surface area contributed by atoms with Crippen LogP contribution >= 0.6 is 11.3 Å². The number of carbonyl (C=O) groups is 1. The number of benzene rings is 1. The van der Waals surface area contributed by atoms with Gasteiger partial charge in [0.1, 0.15) is 11.5 Å². The summed E-state index contributed by atoms with van der Waals surface area (Å²) in [6.07, 6.45) is -4.68. The molecule has 2 aliphatic rings. The highest BCUT2D eigenvalue weighted by Crippen LogP contribution is 2.39. The van der Waals surface area contributed by atoms with Crippen molar-refractivity contribution in [3.8, 4) is 16.9 Å². The van der Waals surface area contributed by atoms with Crippen LogP contribution in [-0.4, -0.2) is 78.4 Å². The molecule has 2 saturated heterocycles. The number of halogens is 5. The number of hydrogen-bond donors (Lipinski definition) is 1. The highest BCUT2D eigenvalue weighted by molar-refractivity contribution is 7.14. The van der Waals surface area contributed by atoms with E-state index in [9.17, 15) is 22.8 Å². The zero-order chi connectivity index (χ0) is 31.4. The van der Waals surface area contributed by atoms with Gasteiger partial charge < -0.3 is 25.2 Å². The fourth-order valence-corrected chi connectivity index (χ4v) is 6.40. The van der Waals surface area contributed by atoms with Gasteiger partial charge in [-0.1, -0.05) is 0 Å². The highest BCUT2D eigenvalue weighted by atomic mass is 32.1. The van der Waals surface area contributed by atoms with Crippen LogP contribution in [0.4, 0.5) is 32.8 Å². The lowest BCUT2D eigenvalue weighted by atomic mass is 10.0. The Morgan fingerprint density at radius 3 is 2.35 bits per heavy atom. The summed E-state index contributed by atoms with van der Waals surface area (Å²) in [5.74, 6) is -3.63. The Morgan fingerprint density at radius 2 is 1.74 bits per heavy atom. The standard InChI is InChI=1S/C28H31F5N6O3S/c1-14-9-37(6-5-36(14)4)21-8-19(29)23(20-13-43-27(35-20)38-10-15(2)42-16(3)11-38)24(30)25(21)39-12-17(26(34)41)18(7-22(39)40)28(31,32)33/h7-8,12-16H,5-6,9-11H2,1-4H3,(H2,34,41)/t14-,15-,16+/m0/s1. The maximum absolute atomic E-state index is 16.7. The van der Waals surface area contributed by atoms with Crippen LogP contribution in [0.5, 0.6) is 0 Å². The smallest absolute Gasteiger partial charge is 0.372 e. The van der Waals surface area contributed by atoms with Gasteiger partial charge in [-0.15, -0.1) is 11.3 Å². The number of alkyl halides is 3. The quantitative estimate of drug-likeness (QED) is 0.426. The van der Waals surface area contributed by atoms with Gasteiger partial charge in [-0.05, 0) is 27.8 Å². The molecule has 3 atom stereocenters. The van der Waals surface area contributed by atoms with E-state index < -0.39 is 51.7 Å². The maximum atomic E-state index is 16.7. The van der Waals surface area contributed by atoms with Gasteiger partial charge in [0.25, 0.3) is 11.5 Å². The molecule has 232 valence electrons. The number of primary amides is 1. The van der Waals surface area contributed by atoms with E-state index >= 15 is 8.78 Å². The molecule has 0 saturated carbocycles. The number of hydrogen-bond acceptors (Lipinski definition) is 8. The van der Waals surface area contributed by atoms with E-state index in [1.165, 1.54) is 16.7 Å². The van der Waals surface area contributed by atoms with Crippen molar-refractivity contribution >= 4 is 28.1 Å². The second kappa shape index (κ2) is 11.5. The van der Waals surface area contributed by atoms with Gasteiger partial charge >= 0.3 is 6.18 Å². The number of amides is 1. The summed E-state index contributed by atoms with van der Waals surface area (Å²) in [6, 6.07) is 1.20.